The van der Waals surface area contributed by atoms with Crippen LogP contribution in [-0.2, 0) is 22.6 Å². The molecule has 8 heteroatoms. The molecule has 0 bridgehead atoms. The molecule has 0 fully saturated rings. The highest BCUT2D eigenvalue weighted by Gasteiger charge is 2.08. The number of carboxylic acid groups (broad SMARTS) is 1. The number of aromatic nitrogens is 3. The molecule has 0 atom stereocenters. The Kier molecular flexibility index (Phi) is 5.11. The van der Waals surface area contributed by atoms with Gasteiger partial charge in [-0.1, -0.05) is 23.7 Å². The van der Waals surface area contributed by atoms with Gasteiger partial charge in [0.25, 0.3) is 0 Å². The van der Waals surface area contributed by atoms with E-state index in [1.54, 1.807) is 0 Å². The second-order valence-corrected chi connectivity index (χ2v) is 5.20. The third kappa shape index (κ3) is 4.56. The first-order valence-electron chi connectivity index (χ1n) is 6.60. The summed E-state index contributed by atoms with van der Waals surface area (Å²) in [5.41, 5.74) is 1.96. The minimum absolute atomic E-state index is 0.0909. The van der Waals surface area contributed by atoms with E-state index in [0.29, 0.717) is 11.4 Å². The van der Waals surface area contributed by atoms with E-state index in [0.717, 1.165) is 15.8 Å². The number of hydrogen-bond acceptors (Lipinski definition) is 4. The number of halogens is 1. The van der Waals surface area contributed by atoms with Crippen LogP contribution >= 0.6 is 11.6 Å². The Labute approximate surface area is 131 Å². The van der Waals surface area contributed by atoms with E-state index in [2.05, 4.69) is 15.4 Å². The van der Waals surface area contributed by atoms with E-state index in [1.807, 2.05) is 25.1 Å². The van der Waals surface area contributed by atoms with Crippen LogP contribution in [0.15, 0.2) is 24.5 Å². The van der Waals surface area contributed by atoms with Crippen LogP contribution in [0.3, 0.4) is 0 Å². The summed E-state index contributed by atoms with van der Waals surface area (Å²) in [4.78, 5) is 26.2. The van der Waals surface area contributed by atoms with Gasteiger partial charge in [0.05, 0.1) is 0 Å². The molecule has 0 aliphatic heterocycles. The monoisotopic (exact) mass is 322 g/mol. The number of aryl methyl sites for hydroxylation is 2. The molecule has 0 saturated heterocycles. The number of nitrogens with zero attached hydrogens (tertiary/aromatic N) is 3. The quantitative estimate of drug-likeness (QED) is 0.846. The van der Waals surface area contributed by atoms with E-state index in [4.69, 9.17) is 16.7 Å². The summed E-state index contributed by atoms with van der Waals surface area (Å²) in [5.74, 6) is -1.18. The molecule has 1 aromatic carbocycles. The van der Waals surface area contributed by atoms with Crippen molar-refractivity contribution in [3.63, 3.8) is 0 Å². The lowest BCUT2D eigenvalue weighted by Crippen LogP contribution is -2.14. The van der Waals surface area contributed by atoms with Crippen LogP contribution in [0, 0.1) is 6.92 Å². The van der Waals surface area contributed by atoms with Gasteiger partial charge < -0.3 is 5.11 Å². The highest BCUT2D eigenvalue weighted by atomic mass is 35.5. The zero-order chi connectivity index (χ0) is 16.1. The van der Waals surface area contributed by atoms with Crippen molar-refractivity contribution < 1.29 is 14.7 Å². The lowest BCUT2D eigenvalue weighted by atomic mass is 10.1. The number of carbonyl (C=O) groups is 2. The second-order valence-electron chi connectivity index (χ2n) is 4.79. The molecule has 22 heavy (non-hydrogen) atoms. The molecule has 0 aliphatic rings. The molecule has 7 nitrogen and oxygen atoms in total. The van der Waals surface area contributed by atoms with Gasteiger partial charge in [0.1, 0.15) is 12.9 Å². The summed E-state index contributed by atoms with van der Waals surface area (Å²) in [7, 11) is 0. The first-order valence-corrected chi connectivity index (χ1v) is 6.98. The standard InChI is InChI=1S/C14H15ClN4O3/c1-9-2-3-10(6-11(9)15)4-5-12(20)17-14-16-8-19(18-14)7-13(21)22/h2-3,6,8H,4-5,7H2,1H3,(H,21,22)(H,17,18,20). The largest absolute Gasteiger partial charge is 0.480 e. The Morgan fingerprint density at radius 1 is 1.41 bits per heavy atom. The minimum atomic E-state index is -1.03. The molecule has 2 N–H and O–H groups in total. The van der Waals surface area contributed by atoms with Crippen LogP contribution in [0.25, 0.3) is 0 Å². The smallest absolute Gasteiger partial charge is 0.325 e. The van der Waals surface area contributed by atoms with E-state index in [9.17, 15) is 9.59 Å². The molecule has 0 radical (unpaired) electrons. The SMILES string of the molecule is Cc1ccc(CCC(=O)Nc2ncn(CC(=O)O)n2)cc1Cl. The lowest BCUT2D eigenvalue weighted by Gasteiger charge is -2.04. The molecule has 0 aliphatic carbocycles. The molecule has 2 aromatic rings. The van der Waals surface area contributed by atoms with Crippen LogP contribution in [0.2, 0.25) is 5.02 Å². The molecule has 0 unspecified atom stereocenters. The van der Waals surface area contributed by atoms with Gasteiger partial charge >= 0.3 is 5.97 Å². The third-order valence-electron chi connectivity index (χ3n) is 2.96. The van der Waals surface area contributed by atoms with Gasteiger partial charge in [0.15, 0.2) is 0 Å². The van der Waals surface area contributed by atoms with Crippen molar-refractivity contribution in [1.29, 1.82) is 0 Å². The van der Waals surface area contributed by atoms with Gasteiger partial charge in [0, 0.05) is 11.4 Å². The fourth-order valence-corrected chi connectivity index (χ4v) is 2.01. The number of rotatable bonds is 6. The lowest BCUT2D eigenvalue weighted by molar-refractivity contribution is -0.137. The average Bonchev–Trinajstić information content (AvgIpc) is 2.86. The van der Waals surface area contributed by atoms with Gasteiger partial charge in [-0.2, -0.15) is 0 Å². The number of anilines is 1. The Morgan fingerprint density at radius 2 is 2.18 bits per heavy atom. The molecule has 0 spiro atoms. The maximum atomic E-state index is 11.8. The van der Waals surface area contributed by atoms with Gasteiger partial charge in [-0.25, -0.2) is 9.67 Å². The first kappa shape index (κ1) is 16.0. The van der Waals surface area contributed by atoms with E-state index in [1.165, 1.54) is 6.33 Å². The first-order chi connectivity index (χ1) is 10.4. The van der Waals surface area contributed by atoms with E-state index >= 15 is 0 Å². The maximum absolute atomic E-state index is 11.8. The highest BCUT2D eigenvalue weighted by molar-refractivity contribution is 6.31. The molecule has 2 rings (SSSR count). The van der Waals surface area contributed by atoms with Crippen molar-refractivity contribution in [3.05, 3.63) is 40.7 Å². The number of carboxylic acids is 1. The van der Waals surface area contributed by atoms with Crippen LogP contribution in [0.5, 0.6) is 0 Å². The predicted octanol–water partition coefficient (Wildman–Crippen LogP) is 1.90. The minimum Gasteiger partial charge on any atom is -0.480 e. The fraction of sp³-hybridized carbons (Fsp3) is 0.286. The van der Waals surface area contributed by atoms with Gasteiger partial charge in [-0.15, -0.1) is 5.10 Å². The van der Waals surface area contributed by atoms with Crippen molar-refractivity contribution in [2.45, 2.75) is 26.3 Å². The Bertz CT molecular complexity index is 699. The molecule has 1 amide bonds. The summed E-state index contributed by atoms with van der Waals surface area (Å²) >= 11 is 6.03. The number of aliphatic carboxylic acids is 1. The normalized spacial score (nSPS) is 10.5. The number of nitrogens with one attached hydrogen (secondary N) is 1. The van der Waals surface area contributed by atoms with E-state index in [-0.39, 0.29) is 24.8 Å². The number of hydrogen-bond donors (Lipinski definition) is 2. The summed E-state index contributed by atoms with van der Waals surface area (Å²) < 4.78 is 1.14. The Morgan fingerprint density at radius 3 is 2.86 bits per heavy atom. The summed E-state index contributed by atoms with van der Waals surface area (Å²) in [5, 5.41) is 15.7. The molecule has 0 saturated carbocycles. The zero-order valence-corrected chi connectivity index (χ0v) is 12.7. The van der Waals surface area contributed by atoms with E-state index < -0.39 is 5.97 Å². The molecular formula is C14H15ClN4O3. The van der Waals surface area contributed by atoms with Crippen molar-refractivity contribution in [2.75, 3.05) is 5.32 Å². The topological polar surface area (TPSA) is 97.1 Å². The van der Waals surface area contributed by atoms with Crippen molar-refractivity contribution in [2.24, 2.45) is 0 Å². The summed E-state index contributed by atoms with van der Waals surface area (Å²) in [6, 6.07) is 5.67. The molecule has 1 aromatic heterocycles. The Balaban J connectivity index is 1.86. The molecule has 1 heterocycles. The highest BCUT2D eigenvalue weighted by Crippen LogP contribution is 2.17. The number of carbonyl (C=O) groups excluding carboxylic acids is 1. The molecular weight excluding hydrogens is 308 g/mol. The van der Waals surface area contributed by atoms with Gasteiger partial charge in [0.2, 0.25) is 11.9 Å². The third-order valence-corrected chi connectivity index (χ3v) is 3.37. The van der Waals surface area contributed by atoms with Crippen LogP contribution < -0.4 is 5.32 Å². The van der Waals surface area contributed by atoms with Crippen LogP contribution in [-0.4, -0.2) is 31.7 Å². The Hall–Kier alpha value is -2.41. The van der Waals surface area contributed by atoms with Crippen LogP contribution in [0.1, 0.15) is 17.5 Å². The zero-order valence-electron chi connectivity index (χ0n) is 11.9. The van der Waals surface area contributed by atoms with Gasteiger partial charge in [-0.05, 0) is 30.5 Å². The molecule has 116 valence electrons. The average molecular weight is 323 g/mol. The summed E-state index contributed by atoms with van der Waals surface area (Å²) in [6.45, 7) is 1.61. The van der Waals surface area contributed by atoms with Gasteiger partial charge in [-0.3, -0.25) is 14.9 Å². The van der Waals surface area contributed by atoms with Crippen molar-refractivity contribution >= 4 is 29.4 Å². The summed E-state index contributed by atoms with van der Waals surface area (Å²) in [6.07, 6.45) is 2.05. The number of benzene rings is 1. The fourth-order valence-electron chi connectivity index (χ4n) is 1.80. The van der Waals surface area contributed by atoms with Crippen molar-refractivity contribution in [3.8, 4) is 0 Å². The maximum Gasteiger partial charge on any atom is 0.325 e. The van der Waals surface area contributed by atoms with Crippen LogP contribution in [0.4, 0.5) is 5.95 Å². The number of amides is 1. The van der Waals surface area contributed by atoms with Crippen molar-refractivity contribution in [1.82, 2.24) is 14.8 Å². The second kappa shape index (κ2) is 7.04. The predicted molar refractivity (Wildman–Crippen MR) is 80.8 cm³/mol.